The molecule has 1 aromatic rings. The summed E-state index contributed by atoms with van der Waals surface area (Å²) in [5, 5.41) is 21.2. The first-order valence-electron chi connectivity index (χ1n) is 6.45. The van der Waals surface area contributed by atoms with E-state index in [0.29, 0.717) is 25.3 Å². The van der Waals surface area contributed by atoms with Crippen molar-refractivity contribution in [2.75, 3.05) is 0 Å². The monoisotopic (exact) mass is 299 g/mol. The van der Waals surface area contributed by atoms with Crippen LogP contribution >= 0.6 is 11.3 Å². The number of aromatic nitrogens is 2. The number of carboxylic acid groups (broad SMARTS) is 1. The summed E-state index contributed by atoms with van der Waals surface area (Å²) in [6, 6.07) is 0. The van der Waals surface area contributed by atoms with Gasteiger partial charge >= 0.3 is 5.97 Å². The van der Waals surface area contributed by atoms with Crippen molar-refractivity contribution in [1.82, 2.24) is 15.5 Å². The molecule has 0 aliphatic carbocycles. The lowest BCUT2D eigenvalue weighted by atomic mass is 10.2. The second-order valence-electron chi connectivity index (χ2n) is 4.94. The number of rotatable bonds is 5. The molecule has 1 aromatic heterocycles. The average molecular weight is 299 g/mol. The van der Waals surface area contributed by atoms with Gasteiger partial charge in [0.25, 0.3) is 0 Å². The minimum absolute atomic E-state index is 0.292. The Bertz CT molecular complexity index is 503. The van der Waals surface area contributed by atoms with Gasteiger partial charge < -0.3 is 15.2 Å². The Labute approximate surface area is 120 Å². The molecule has 0 spiro atoms. The average Bonchev–Trinajstić information content (AvgIpc) is 3.05. The quantitative estimate of drug-likeness (QED) is 0.838. The van der Waals surface area contributed by atoms with Crippen LogP contribution in [0.4, 0.5) is 0 Å². The Morgan fingerprint density at radius 3 is 2.65 bits per heavy atom. The summed E-state index contributed by atoms with van der Waals surface area (Å²) < 4.78 is 5.17. The lowest BCUT2D eigenvalue weighted by Gasteiger charge is -2.10. The molecule has 1 amide bonds. The summed E-state index contributed by atoms with van der Waals surface area (Å²) >= 11 is 1.46. The maximum Gasteiger partial charge on any atom is 0.332 e. The fourth-order valence-corrected chi connectivity index (χ4v) is 2.64. The van der Waals surface area contributed by atoms with Crippen molar-refractivity contribution in [2.24, 2.45) is 0 Å². The van der Waals surface area contributed by atoms with Crippen LogP contribution in [0, 0.1) is 0 Å². The van der Waals surface area contributed by atoms with Crippen LogP contribution in [0.1, 0.15) is 42.6 Å². The number of hydrogen-bond acceptors (Lipinski definition) is 6. The lowest BCUT2D eigenvalue weighted by Crippen LogP contribution is -2.35. The van der Waals surface area contributed by atoms with E-state index in [9.17, 15) is 9.59 Å². The van der Waals surface area contributed by atoms with E-state index >= 15 is 0 Å². The highest BCUT2D eigenvalue weighted by molar-refractivity contribution is 7.11. The second kappa shape index (κ2) is 6.27. The third kappa shape index (κ3) is 3.51. The van der Waals surface area contributed by atoms with Crippen LogP contribution in [0.15, 0.2) is 0 Å². The van der Waals surface area contributed by atoms with Gasteiger partial charge in [-0.15, -0.1) is 10.2 Å². The highest BCUT2D eigenvalue weighted by Crippen LogP contribution is 2.21. The first-order valence-corrected chi connectivity index (χ1v) is 7.27. The number of ether oxygens (including phenoxy) is 1. The van der Waals surface area contributed by atoms with Crippen LogP contribution in [0.5, 0.6) is 0 Å². The molecule has 7 nitrogen and oxygen atoms in total. The summed E-state index contributed by atoms with van der Waals surface area (Å²) in [5.41, 5.74) is 0. The molecule has 1 fully saturated rings. The predicted octanol–water partition coefficient (Wildman–Crippen LogP) is 0.910. The number of hydrogen-bond donors (Lipinski definition) is 2. The molecule has 0 aromatic carbocycles. The maximum atomic E-state index is 11.9. The normalized spacial score (nSPS) is 22.1. The fraction of sp³-hybridized carbons (Fsp3) is 0.667. The number of aliphatic carboxylic acids is 1. The number of nitrogens with one attached hydrogen (secondary N) is 1. The van der Waals surface area contributed by atoms with E-state index in [-0.39, 0.29) is 5.91 Å². The van der Waals surface area contributed by atoms with Crippen molar-refractivity contribution in [1.29, 1.82) is 0 Å². The van der Waals surface area contributed by atoms with Crippen LogP contribution in [-0.2, 0) is 20.9 Å². The summed E-state index contributed by atoms with van der Waals surface area (Å²) in [7, 11) is 0. The van der Waals surface area contributed by atoms with Crippen molar-refractivity contribution in [3.63, 3.8) is 0 Å². The molecule has 110 valence electrons. The van der Waals surface area contributed by atoms with Gasteiger partial charge in [-0.2, -0.15) is 0 Å². The van der Waals surface area contributed by atoms with E-state index in [1.165, 1.54) is 11.3 Å². The Hall–Kier alpha value is -1.54. The minimum atomic E-state index is -1.02. The van der Waals surface area contributed by atoms with E-state index < -0.39 is 18.2 Å². The Kier molecular flexibility index (Phi) is 4.66. The van der Waals surface area contributed by atoms with E-state index in [1.807, 2.05) is 13.8 Å². The Morgan fingerprint density at radius 2 is 2.10 bits per heavy atom. The van der Waals surface area contributed by atoms with Crippen molar-refractivity contribution in [3.8, 4) is 0 Å². The van der Waals surface area contributed by atoms with Crippen LogP contribution in [0.25, 0.3) is 0 Å². The van der Waals surface area contributed by atoms with Gasteiger partial charge in [0.1, 0.15) is 16.1 Å². The van der Waals surface area contributed by atoms with Crippen LogP contribution in [0.2, 0.25) is 0 Å². The number of carbonyl (C=O) groups is 2. The smallest absolute Gasteiger partial charge is 0.332 e. The van der Waals surface area contributed by atoms with Crippen molar-refractivity contribution in [2.45, 2.75) is 51.4 Å². The zero-order valence-corrected chi connectivity index (χ0v) is 12.1. The summed E-state index contributed by atoms with van der Waals surface area (Å²) in [4.78, 5) is 22.6. The third-order valence-electron chi connectivity index (χ3n) is 2.98. The predicted molar refractivity (Wildman–Crippen MR) is 71.4 cm³/mol. The van der Waals surface area contributed by atoms with Gasteiger partial charge in [-0.25, -0.2) is 4.79 Å². The van der Waals surface area contributed by atoms with Crippen LogP contribution < -0.4 is 5.32 Å². The van der Waals surface area contributed by atoms with E-state index in [2.05, 4.69) is 15.5 Å². The van der Waals surface area contributed by atoms with Gasteiger partial charge in [0.05, 0.1) is 6.54 Å². The summed E-state index contributed by atoms with van der Waals surface area (Å²) in [5.74, 6) is -1.01. The molecule has 0 unspecified atom stereocenters. The highest BCUT2D eigenvalue weighted by Gasteiger charge is 2.34. The third-order valence-corrected chi connectivity index (χ3v) is 4.20. The fourth-order valence-electron chi connectivity index (χ4n) is 1.86. The molecule has 8 heteroatoms. The molecule has 20 heavy (non-hydrogen) atoms. The Balaban J connectivity index is 1.82. The molecule has 2 atom stereocenters. The number of nitrogens with zero attached hydrogens (tertiary/aromatic N) is 2. The van der Waals surface area contributed by atoms with Gasteiger partial charge in [0.15, 0.2) is 6.10 Å². The van der Waals surface area contributed by atoms with Crippen molar-refractivity contribution in [3.05, 3.63) is 10.0 Å². The summed E-state index contributed by atoms with van der Waals surface area (Å²) in [6.45, 7) is 4.35. The van der Waals surface area contributed by atoms with Crippen molar-refractivity contribution < 1.29 is 19.4 Å². The summed E-state index contributed by atoms with van der Waals surface area (Å²) in [6.07, 6.45) is -0.770. The zero-order valence-electron chi connectivity index (χ0n) is 11.3. The number of amides is 1. The highest BCUT2D eigenvalue weighted by atomic mass is 32.1. The lowest BCUT2D eigenvalue weighted by molar-refractivity contribution is -0.151. The molecule has 2 heterocycles. The zero-order chi connectivity index (χ0) is 14.7. The van der Waals surface area contributed by atoms with Crippen molar-refractivity contribution >= 4 is 23.2 Å². The molecular weight excluding hydrogens is 282 g/mol. The van der Waals surface area contributed by atoms with E-state index in [4.69, 9.17) is 9.84 Å². The molecule has 2 N–H and O–H groups in total. The van der Waals surface area contributed by atoms with Gasteiger partial charge in [-0.1, -0.05) is 25.2 Å². The maximum absolute atomic E-state index is 11.9. The molecule has 1 aliphatic heterocycles. The van der Waals surface area contributed by atoms with Gasteiger partial charge in [-0.3, -0.25) is 4.79 Å². The van der Waals surface area contributed by atoms with E-state index in [1.54, 1.807) is 0 Å². The molecule has 2 rings (SSSR count). The Morgan fingerprint density at radius 1 is 1.40 bits per heavy atom. The molecular formula is C12H17N3O4S. The number of carbonyl (C=O) groups excluding carboxylic acids is 1. The minimum Gasteiger partial charge on any atom is -0.479 e. The van der Waals surface area contributed by atoms with Crippen LogP contribution in [0.3, 0.4) is 0 Å². The largest absolute Gasteiger partial charge is 0.479 e. The van der Waals surface area contributed by atoms with Gasteiger partial charge in [0, 0.05) is 5.92 Å². The molecule has 0 radical (unpaired) electrons. The molecule has 1 aliphatic rings. The molecule has 0 saturated carbocycles. The molecule has 0 bridgehead atoms. The van der Waals surface area contributed by atoms with Gasteiger partial charge in [0.2, 0.25) is 5.91 Å². The molecule has 1 saturated heterocycles. The first-order chi connectivity index (χ1) is 9.47. The second-order valence-corrected chi connectivity index (χ2v) is 6.03. The van der Waals surface area contributed by atoms with Crippen LogP contribution in [-0.4, -0.2) is 39.4 Å². The van der Waals surface area contributed by atoms with Gasteiger partial charge in [-0.05, 0) is 12.8 Å². The SMILES string of the molecule is CC(C)c1nnc(CNC(=O)[C@@H]2CC[C@H](C(=O)O)O2)s1. The van der Waals surface area contributed by atoms with E-state index in [0.717, 1.165) is 10.0 Å². The topological polar surface area (TPSA) is 101 Å². The first kappa shape index (κ1) is 14.9. The standard InChI is InChI=1S/C12H17N3O4S/c1-6(2)11-15-14-9(20-11)5-13-10(16)7-3-4-8(19-7)12(17)18/h6-8H,3-5H2,1-2H3,(H,13,16)(H,17,18)/t7-,8+/m0/s1. The number of carboxylic acids is 1.